The van der Waals surface area contributed by atoms with Crippen LogP contribution in [-0.2, 0) is 9.84 Å². The molecule has 0 unspecified atom stereocenters. The number of halogens is 1. The number of nitrogens with one attached hydrogen (secondary N) is 2. The lowest BCUT2D eigenvalue weighted by Gasteiger charge is -2.13. The molecule has 1 amide bonds. The van der Waals surface area contributed by atoms with Crippen LogP contribution in [0.25, 0.3) is 22.4 Å². The van der Waals surface area contributed by atoms with Crippen LogP contribution in [0.3, 0.4) is 0 Å². The third-order valence-electron chi connectivity index (χ3n) is 4.76. The molecule has 0 saturated carbocycles. The zero-order chi connectivity index (χ0) is 22.0. The van der Waals surface area contributed by atoms with Crippen molar-refractivity contribution in [3.63, 3.8) is 0 Å². The molecule has 0 aliphatic heterocycles. The number of anilines is 1. The third-order valence-corrected chi connectivity index (χ3v) is 6.20. The van der Waals surface area contributed by atoms with E-state index in [-0.39, 0.29) is 10.8 Å². The maximum Gasteiger partial charge on any atom is 0.256 e. The molecule has 4 rings (SSSR count). The molecule has 0 radical (unpaired) electrons. The first-order valence-corrected chi connectivity index (χ1v) is 11.6. The number of amides is 1. The maximum atomic E-state index is 13.1. The summed E-state index contributed by atoms with van der Waals surface area (Å²) >= 11 is 6.29. The highest BCUT2D eigenvalue weighted by molar-refractivity contribution is 7.90. The smallest absolute Gasteiger partial charge is 0.256 e. The second-order valence-corrected chi connectivity index (χ2v) is 9.39. The van der Waals surface area contributed by atoms with Crippen LogP contribution in [0.2, 0.25) is 5.02 Å². The zero-order valence-corrected chi connectivity index (χ0v) is 18.0. The van der Waals surface area contributed by atoms with E-state index < -0.39 is 9.84 Å². The Morgan fingerprint density at radius 1 is 0.968 bits per heavy atom. The highest BCUT2D eigenvalue weighted by atomic mass is 35.5. The molecule has 4 aromatic rings. The van der Waals surface area contributed by atoms with Crippen LogP contribution in [0, 0.1) is 0 Å². The summed E-state index contributed by atoms with van der Waals surface area (Å²) in [6.45, 7) is 0. The van der Waals surface area contributed by atoms with Gasteiger partial charge in [0.2, 0.25) is 0 Å². The molecule has 156 valence electrons. The van der Waals surface area contributed by atoms with Gasteiger partial charge in [-0.05, 0) is 53.6 Å². The Morgan fingerprint density at radius 2 is 1.74 bits per heavy atom. The summed E-state index contributed by atoms with van der Waals surface area (Å²) in [5.74, 6) is -0.364. The lowest BCUT2D eigenvalue weighted by Crippen LogP contribution is -2.14. The number of carbonyl (C=O) groups is 1. The van der Waals surface area contributed by atoms with Crippen LogP contribution < -0.4 is 5.32 Å². The average molecular weight is 452 g/mol. The first-order valence-electron chi connectivity index (χ1n) is 9.33. The summed E-state index contributed by atoms with van der Waals surface area (Å²) in [6.07, 6.45) is 2.76. The molecule has 0 fully saturated rings. The molecule has 3 aromatic carbocycles. The predicted octanol–water partition coefficient (Wildman–Crippen LogP) is 5.05. The number of hydrogen-bond acceptors (Lipinski definition) is 4. The Morgan fingerprint density at radius 3 is 2.42 bits per heavy atom. The van der Waals surface area contributed by atoms with Crippen molar-refractivity contribution in [2.24, 2.45) is 0 Å². The molecule has 2 N–H and O–H groups in total. The fraction of sp³-hybridized carbons (Fsp3) is 0.0435. The Labute approximate surface area is 184 Å². The van der Waals surface area contributed by atoms with Crippen molar-refractivity contribution in [1.29, 1.82) is 0 Å². The molecular formula is C23H18ClN3O3S. The van der Waals surface area contributed by atoms with Crippen molar-refractivity contribution in [3.8, 4) is 22.4 Å². The number of aromatic nitrogens is 2. The molecule has 1 aromatic heterocycles. The van der Waals surface area contributed by atoms with Gasteiger partial charge >= 0.3 is 0 Å². The lowest BCUT2D eigenvalue weighted by atomic mass is 9.99. The van der Waals surface area contributed by atoms with Crippen molar-refractivity contribution in [2.75, 3.05) is 11.6 Å². The van der Waals surface area contributed by atoms with Gasteiger partial charge in [0.1, 0.15) is 0 Å². The van der Waals surface area contributed by atoms with Crippen molar-refractivity contribution < 1.29 is 13.2 Å². The van der Waals surface area contributed by atoms with Crippen molar-refractivity contribution >= 4 is 33.0 Å². The summed E-state index contributed by atoms with van der Waals surface area (Å²) in [5.41, 5.74) is 3.61. The summed E-state index contributed by atoms with van der Waals surface area (Å²) in [5, 5.41) is 10.2. The molecule has 31 heavy (non-hydrogen) atoms. The second kappa shape index (κ2) is 8.37. The maximum absolute atomic E-state index is 13.1. The Bertz CT molecular complexity index is 1350. The summed E-state index contributed by atoms with van der Waals surface area (Å²) < 4.78 is 24.1. The Balaban J connectivity index is 1.73. The minimum Gasteiger partial charge on any atom is -0.322 e. The van der Waals surface area contributed by atoms with E-state index in [1.165, 1.54) is 18.2 Å². The van der Waals surface area contributed by atoms with Gasteiger partial charge in [-0.25, -0.2) is 8.42 Å². The van der Waals surface area contributed by atoms with E-state index in [0.717, 1.165) is 17.5 Å². The largest absolute Gasteiger partial charge is 0.322 e. The van der Waals surface area contributed by atoms with Crippen LogP contribution in [0.5, 0.6) is 0 Å². The number of carbonyl (C=O) groups excluding carboxylic acids is 1. The molecule has 6 nitrogen and oxygen atoms in total. The van der Waals surface area contributed by atoms with E-state index in [1.54, 1.807) is 30.5 Å². The quantitative estimate of drug-likeness (QED) is 0.444. The van der Waals surface area contributed by atoms with Crippen molar-refractivity contribution in [1.82, 2.24) is 10.2 Å². The minimum atomic E-state index is -3.43. The normalized spacial score (nSPS) is 11.3. The van der Waals surface area contributed by atoms with Gasteiger partial charge in [0.05, 0.1) is 15.6 Å². The number of benzene rings is 3. The molecule has 1 heterocycles. The first kappa shape index (κ1) is 20.8. The van der Waals surface area contributed by atoms with E-state index >= 15 is 0 Å². The van der Waals surface area contributed by atoms with E-state index in [2.05, 4.69) is 15.5 Å². The third kappa shape index (κ3) is 4.52. The summed E-state index contributed by atoms with van der Waals surface area (Å²) in [6, 6.07) is 20.6. The average Bonchev–Trinajstić information content (AvgIpc) is 3.29. The first-order chi connectivity index (χ1) is 14.8. The minimum absolute atomic E-state index is 0.149. The number of nitrogens with zero attached hydrogens (tertiary/aromatic N) is 1. The molecule has 0 bridgehead atoms. The van der Waals surface area contributed by atoms with Crippen LogP contribution >= 0.6 is 11.6 Å². The number of rotatable bonds is 5. The number of hydrogen-bond donors (Lipinski definition) is 2. The standard InChI is InChI=1S/C23H18ClN3O3S/c1-31(29,30)17-8-9-18(19(14-17)15-5-3-2-4-6-15)23(28)26-16-7-10-21(24)20(13-16)22-11-12-25-27-22/h2-14H,1H3,(H,25,27)(H,26,28). The molecule has 0 aliphatic rings. The van der Waals surface area contributed by atoms with Crippen LogP contribution in [0.4, 0.5) is 5.69 Å². The monoisotopic (exact) mass is 451 g/mol. The van der Waals surface area contributed by atoms with Crippen LogP contribution in [0.1, 0.15) is 10.4 Å². The SMILES string of the molecule is CS(=O)(=O)c1ccc(C(=O)Nc2ccc(Cl)c(-c3ccn[nH]3)c2)c(-c2ccccc2)c1. The molecule has 0 spiro atoms. The van der Waals surface area contributed by atoms with Crippen LogP contribution in [-0.4, -0.2) is 30.8 Å². The van der Waals surface area contributed by atoms with Gasteiger partial charge in [-0.2, -0.15) is 5.10 Å². The van der Waals surface area contributed by atoms with E-state index in [9.17, 15) is 13.2 Å². The summed E-state index contributed by atoms with van der Waals surface area (Å²) in [7, 11) is -3.43. The van der Waals surface area contributed by atoms with Gasteiger partial charge in [-0.15, -0.1) is 0 Å². The fourth-order valence-electron chi connectivity index (χ4n) is 3.22. The number of H-pyrrole nitrogens is 1. The molecular weight excluding hydrogens is 434 g/mol. The molecule has 0 aliphatic carbocycles. The summed E-state index contributed by atoms with van der Waals surface area (Å²) in [4.78, 5) is 13.3. The van der Waals surface area contributed by atoms with E-state index in [1.807, 2.05) is 30.3 Å². The van der Waals surface area contributed by atoms with Crippen LogP contribution in [0.15, 0.2) is 83.9 Å². The molecule has 0 saturated heterocycles. The van der Waals surface area contributed by atoms with Crippen molar-refractivity contribution in [3.05, 3.63) is 89.6 Å². The highest BCUT2D eigenvalue weighted by Crippen LogP contribution is 2.31. The predicted molar refractivity (Wildman–Crippen MR) is 122 cm³/mol. The van der Waals surface area contributed by atoms with Gasteiger partial charge in [0, 0.05) is 29.3 Å². The van der Waals surface area contributed by atoms with Gasteiger partial charge in [-0.3, -0.25) is 9.89 Å². The van der Waals surface area contributed by atoms with E-state index in [4.69, 9.17) is 11.6 Å². The number of aromatic amines is 1. The fourth-order valence-corrected chi connectivity index (χ4v) is 4.09. The van der Waals surface area contributed by atoms with Crippen molar-refractivity contribution in [2.45, 2.75) is 4.90 Å². The zero-order valence-electron chi connectivity index (χ0n) is 16.5. The molecule has 0 atom stereocenters. The highest BCUT2D eigenvalue weighted by Gasteiger charge is 2.18. The van der Waals surface area contributed by atoms with Gasteiger partial charge in [0.25, 0.3) is 5.91 Å². The van der Waals surface area contributed by atoms with Gasteiger partial charge in [-0.1, -0.05) is 41.9 Å². The van der Waals surface area contributed by atoms with Gasteiger partial charge in [0.15, 0.2) is 9.84 Å². The second-order valence-electron chi connectivity index (χ2n) is 6.96. The topological polar surface area (TPSA) is 91.9 Å². The van der Waals surface area contributed by atoms with Gasteiger partial charge < -0.3 is 5.32 Å². The number of sulfone groups is 1. The van der Waals surface area contributed by atoms with E-state index in [0.29, 0.717) is 27.4 Å². The lowest BCUT2D eigenvalue weighted by molar-refractivity contribution is 0.102. The molecule has 8 heteroatoms. The Hall–Kier alpha value is -3.42. The Kier molecular flexibility index (Phi) is 5.63.